The minimum Gasteiger partial charge on any atom is -0.294 e. The summed E-state index contributed by atoms with van der Waals surface area (Å²) >= 11 is 6.01. The first-order valence-corrected chi connectivity index (χ1v) is 7.15. The highest BCUT2D eigenvalue weighted by atomic mass is 35.5. The molecule has 1 heterocycles. The number of halogens is 1. The van der Waals surface area contributed by atoms with Crippen molar-refractivity contribution < 1.29 is 4.79 Å². The topological polar surface area (TPSA) is 30.0 Å². The average molecular weight is 296 g/mol. The molecule has 2 nitrogen and oxygen atoms in total. The lowest BCUT2D eigenvalue weighted by molar-refractivity contribution is 0.0992. The Balaban J connectivity index is 1.88. The molecule has 0 saturated heterocycles. The van der Waals surface area contributed by atoms with Crippen molar-refractivity contribution in [3.8, 4) is 0 Å². The number of hydrogen-bond acceptors (Lipinski definition) is 2. The van der Waals surface area contributed by atoms with Gasteiger partial charge in [0.05, 0.1) is 11.9 Å². The molecule has 0 aliphatic rings. The molecule has 0 unspecified atom stereocenters. The lowest BCUT2D eigenvalue weighted by atomic mass is 10.0. The average Bonchev–Trinajstić information content (AvgIpc) is 2.46. The molecule has 3 aromatic rings. The van der Waals surface area contributed by atoms with E-state index in [-0.39, 0.29) is 12.2 Å². The van der Waals surface area contributed by atoms with Crippen molar-refractivity contribution >= 4 is 28.3 Å². The number of carbonyl (C=O) groups is 1. The molecule has 0 spiro atoms. The van der Waals surface area contributed by atoms with Gasteiger partial charge in [-0.25, -0.2) is 0 Å². The van der Waals surface area contributed by atoms with Crippen molar-refractivity contribution in [1.82, 2.24) is 4.98 Å². The monoisotopic (exact) mass is 295 g/mol. The summed E-state index contributed by atoms with van der Waals surface area (Å²) in [7, 11) is 0. The summed E-state index contributed by atoms with van der Waals surface area (Å²) in [4.78, 5) is 16.9. The molecule has 0 atom stereocenters. The molecule has 0 aliphatic heterocycles. The number of nitrogens with zero attached hydrogens (tertiary/aromatic N) is 1. The fraction of sp³-hybridized carbons (Fsp3) is 0.111. The smallest absolute Gasteiger partial charge is 0.168 e. The Labute approximate surface area is 128 Å². The Morgan fingerprint density at radius 3 is 2.71 bits per heavy atom. The van der Waals surface area contributed by atoms with Crippen molar-refractivity contribution in [2.75, 3.05) is 0 Å². The second-order valence-electron chi connectivity index (χ2n) is 5.11. The van der Waals surface area contributed by atoms with Crippen molar-refractivity contribution in [3.05, 3.63) is 76.4 Å². The second-order valence-corrected chi connectivity index (χ2v) is 5.55. The van der Waals surface area contributed by atoms with Crippen LogP contribution in [0.1, 0.15) is 21.6 Å². The summed E-state index contributed by atoms with van der Waals surface area (Å²) in [5.41, 5.74) is 3.30. The summed E-state index contributed by atoms with van der Waals surface area (Å²) in [5, 5.41) is 1.66. The van der Waals surface area contributed by atoms with Gasteiger partial charge in [-0.2, -0.15) is 0 Å². The zero-order chi connectivity index (χ0) is 14.8. The normalized spacial score (nSPS) is 10.8. The van der Waals surface area contributed by atoms with Gasteiger partial charge in [0.1, 0.15) is 0 Å². The van der Waals surface area contributed by atoms with Gasteiger partial charge in [0.25, 0.3) is 0 Å². The van der Waals surface area contributed by atoms with Gasteiger partial charge in [0.15, 0.2) is 5.78 Å². The van der Waals surface area contributed by atoms with Crippen molar-refractivity contribution in [2.24, 2.45) is 0 Å². The van der Waals surface area contributed by atoms with Crippen LogP contribution in [-0.4, -0.2) is 10.8 Å². The first-order chi connectivity index (χ1) is 10.1. The van der Waals surface area contributed by atoms with Crippen LogP contribution in [0.4, 0.5) is 0 Å². The number of fused-ring (bicyclic) bond motifs is 1. The van der Waals surface area contributed by atoms with Crippen LogP contribution < -0.4 is 0 Å². The summed E-state index contributed by atoms with van der Waals surface area (Å²) in [6.07, 6.45) is 0.282. The molecular weight excluding hydrogens is 282 g/mol. The van der Waals surface area contributed by atoms with Gasteiger partial charge in [-0.15, -0.1) is 0 Å². The minimum absolute atomic E-state index is 0.0309. The Bertz CT molecular complexity index is 806. The molecule has 2 aromatic carbocycles. The van der Waals surface area contributed by atoms with E-state index in [0.29, 0.717) is 10.6 Å². The molecule has 3 rings (SSSR count). The lowest BCUT2D eigenvalue weighted by Gasteiger charge is -2.05. The number of aromatic nitrogens is 1. The van der Waals surface area contributed by atoms with Gasteiger partial charge in [-0.1, -0.05) is 35.9 Å². The van der Waals surface area contributed by atoms with E-state index in [1.807, 2.05) is 55.5 Å². The molecule has 0 bridgehead atoms. The van der Waals surface area contributed by atoms with Crippen LogP contribution in [-0.2, 0) is 6.42 Å². The van der Waals surface area contributed by atoms with E-state index in [1.165, 1.54) is 0 Å². The molecule has 0 fully saturated rings. The van der Waals surface area contributed by atoms with Crippen LogP contribution in [0, 0.1) is 6.92 Å². The number of hydrogen-bond donors (Lipinski definition) is 0. The lowest BCUT2D eigenvalue weighted by Crippen LogP contribution is -2.05. The third-order valence-corrected chi connectivity index (χ3v) is 3.58. The van der Waals surface area contributed by atoms with Crippen LogP contribution >= 0.6 is 11.6 Å². The number of benzene rings is 2. The molecule has 0 amide bonds. The maximum Gasteiger partial charge on any atom is 0.168 e. The maximum atomic E-state index is 12.4. The number of para-hydroxylation sites is 1. The molecule has 0 N–H and O–H groups in total. The van der Waals surface area contributed by atoms with Crippen LogP contribution in [0.25, 0.3) is 10.9 Å². The van der Waals surface area contributed by atoms with Crippen LogP contribution in [0.2, 0.25) is 5.02 Å². The first kappa shape index (κ1) is 13.8. The predicted molar refractivity (Wildman–Crippen MR) is 86.0 cm³/mol. The standard InChI is InChI=1S/C18H14ClNO/c1-12-8-14(10-15(19)9-12)18(21)11-16-7-6-13-4-2-3-5-17(13)20-16/h2-10H,11H2,1H3. The van der Waals surface area contributed by atoms with Gasteiger partial charge >= 0.3 is 0 Å². The third kappa shape index (κ3) is 3.11. The van der Waals surface area contributed by atoms with Crippen LogP contribution in [0.5, 0.6) is 0 Å². The fourth-order valence-corrected chi connectivity index (χ4v) is 2.66. The molecule has 1 aromatic heterocycles. The number of carbonyl (C=O) groups excluding carboxylic acids is 1. The number of ketones is 1. The highest BCUT2D eigenvalue weighted by Gasteiger charge is 2.10. The maximum absolute atomic E-state index is 12.4. The van der Waals surface area contributed by atoms with E-state index < -0.39 is 0 Å². The predicted octanol–water partition coefficient (Wildman–Crippen LogP) is 4.62. The van der Waals surface area contributed by atoms with E-state index >= 15 is 0 Å². The molecule has 0 aliphatic carbocycles. The second kappa shape index (κ2) is 5.66. The number of pyridine rings is 1. The minimum atomic E-state index is 0.0309. The Hall–Kier alpha value is -2.19. The van der Waals surface area contributed by atoms with Crippen LogP contribution in [0.15, 0.2) is 54.6 Å². The Morgan fingerprint density at radius 2 is 1.90 bits per heavy atom. The SMILES string of the molecule is Cc1cc(Cl)cc(C(=O)Cc2ccc3ccccc3n2)c1. The molecule has 104 valence electrons. The Morgan fingerprint density at radius 1 is 1.10 bits per heavy atom. The zero-order valence-corrected chi connectivity index (χ0v) is 12.4. The van der Waals surface area contributed by atoms with E-state index in [9.17, 15) is 4.79 Å². The van der Waals surface area contributed by atoms with Gasteiger partial charge in [-0.3, -0.25) is 9.78 Å². The van der Waals surface area contributed by atoms with E-state index in [4.69, 9.17) is 11.6 Å². The fourth-order valence-electron chi connectivity index (χ4n) is 2.37. The van der Waals surface area contributed by atoms with Crippen LogP contribution in [0.3, 0.4) is 0 Å². The van der Waals surface area contributed by atoms with Crippen molar-refractivity contribution in [2.45, 2.75) is 13.3 Å². The van der Waals surface area contributed by atoms with Gasteiger partial charge in [0, 0.05) is 21.7 Å². The zero-order valence-electron chi connectivity index (χ0n) is 11.6. The van der Waals surface area contributed by atoms with Gasteiger partial charge in [-0.05, 0) is 42.8 Å². The highest BCUT2D eigenvalue weighted by Crippen LogP contribution is 2.17. The van der Waals surface area contributed by atoms with Gasteiger partial charge < -0.3 is 0 Å². The number of aryl methyl sites for hydroxylation is 1. The quantitative estimate of drug-likeness (QED) is 0.660. The first-order valence-electron chi connectivity index (χ1n) is 6.77. The van der Waals surface area contributed by atoms with Crippen molar-refractivity contribution in [1.29, 1.82) is 0 Å². The van der Waals surface area contributed by atoms with E-state index in [2.05, 4.69) is 4.98 Å². The summed E-state index contributed by atoms with van der Waals surface area (Å²) in [5.74, 6) is 0.0309. The molecular formula is C18H14ClNO. The van der Waals surface area contributed by atoms with Gasteiger partial charge in [0.2, 0.25) is 0 Å². The highest BCUT2D eigenvalue weighted by molar-refractivity contribution is 6.31. The molecule has 0 saturated carbocycles. The van der Waals surface area contributed by atoms with E-state index in [0.717, 1.165) is 22.2 Å². The number of rotatable bonds is 3. The largest absolute Gasteiger partial charge is 0.294 e. The van der Waals surface area contributed by atoms with Crippen molar-refractivity contribution in [3.63, 3.8) is 0 Å². The molecule has 21 heavy (non-hydrogen) atoms. The molecule has 0 radical (unpaired) electrons. The summed E-state index contributed by atoms with van der Waals surface area (Å²) in [6, 6.07) is 17.2. The third-order valence-electron chi connectivity index (χ3n) is 3.36. The summed E-state index contributed by atoms with van der Waals surface area (Å²) in [6.45, 7) is 1.93. The molecule has 3 heteroatoms. The summed E-state index contributed by atoms with van der Waals surface area (Å²) < 4.78 is 0. The number of Topliss-reactive ketones (excluding diaryl/α,β-unsaturated/α-hetero) is 1. The Kier molecular flexibility index (Phi) is 3.72. The van der Waals surface area contributed by atoms with E-state index in [1.54, 1.807) is 6.07 Å².